The van der Waals surface area contributed by atoms with Crippen molar-refractivity contribution in [2.75, 3.05) is 19.7 Å². The predicted molar refractivity (Wildman–Crippen MR) is 62.2 cm³/mol. The van der Waals surface area contributed by atoms with Crippen LogP contribution in [0.25, 0.3) is 0 Å². The number of carbonyl (C=O) groups excluding carboxylic acids is 1. The topological polar surface area (TPSA) is 50.4 Å². The molecule has 1 unspecified atom stereocenters. The van der Waals surface area contributed by atoms with Crippen molar-refractivity contribution in [2.45, 2.75) is 50.7 Å². The summed E-state index contributed by atoms with van der Waals surface area (Å²) in [4.78, 5) is 11.4. The number of hydrogen-bond donors (Lipinski definition) is 2. The van der Waals surface area contributed by atoms with Crippen molar-refractivity contribution in [3.63, 3.8) is 0 Å². The third-order valence-electron chi connectivity index (χ3n) is 3.19. The van der Waals surface area contributed by atoms with Crippen molar-refractivity contribution in [3.8, 4) is 0 Å². The number of hydrogen-bond acceptors (Lipinski definition) is 3. The van der Waals surface area contributed by atoms with Gasteiger partial charge in [-0.05, 0) is 38.5 Å². The molecule has 0 aromatic carbocycles. The molecule has 1 saturated heterocycles. The Morgan fingerprint density at radius 3 is 2.81 bits per heavy atom. The van der Waals surface area contributed by atoms with Crippen LogP contribution in [-0.2, 0) is 9.53 Å². The van der Waals surface area contributed by atoms with Gasteiger partial charge in [-0.25, -0.2) is 0 Å². The lowest BCUT2D eigenvalue weighted by molar-refractivity contribution is -0.120. The number of nitrogens with one attached hydrogen (secondary N) is 2. The van der Waals surface area contributed by atoms with Crippen LogP contribution in [-0.4, -0.2) is 37.7 Å². The molecular weight excluding hydrogens is 204 g/mol. The van der Waals surface area contributed by atoms with E-state index in [-0.39, 0.29) is 5.91 Å². The van der Waals surface area contributed by atoms with Gasteiger partial charge in [-0.3, -0.25) is 4.79 Å². The second-order valence-electron chi connectivity index (χ2n) is 4.78. The molecule has 0 spiro atoms. The fourth-order valence-electron chi connectivity index (χ4n) is 1.99. The van der Waals surface area contributed by atoms with E-state index < -0.39 is 0 Å². The average molecular weight is 226 g/mol. The average Bonchev–Trinajstić information content (AvgIpc) is 3.12. The molecule has 1 heterocycles. The summed E-state index contributed by atoms with van der Waals surface area (Å²) in [5.41, 5.74) is 0. The van der Waals surface area contributed by atoms with Gasteiger partial charge in [0.2, 0.25) is 5.91 Å². The summed E-state index contributed by atoms with van der Waals surface area (Å²) >= 11 is 0. The first-order chi connectivity index (χ1) is 7.84. The second kappa shape index (κ2) is 6.21. The van der Waals surface area contributed by atoms with Crippen LogP contribution in [0.2, 0.25) is 0 Å². The summed E-state index contributed by atoms with van der Waals surface area (Å²) in [6.45, 7) is 2.11. The van der Waals surface area contributed by atoms with Gasteiger partial charge in [0.1, 0.15) is 0 Å². The van der Waals surface area contributed by atoms with Crippen LogP contribution < -0.4 is 10.6 Å². The third kappa shape index (κ3) is 4.49. The number of amides is 1. The highest BCUT2D eigenvalue weighted by Gasteiger charge is 2.21. The minimum absolute atomic E-state index is 0.114. The van der Waals surface area contributed by atoms with E-state index in [4.69, 9.17) is 4.74 Å². The van der Waals surface area contributed by atoms with E-state index >= 15 is 0 Å². The van der Waals surface area contributed by atoms with Crippen molar-refractivity contribution in [3.05, 3.63) is 0 Å². The molecule has 2 aliphatic rings. The summed E-state index contributed by atoms with van der Waals surface area (Å²) in [5.74, 6) is 0.114. The van der Waals surface area contributed by atoms with Crippen molar-refractivity contribution < 1.29 is 9.53 Å². The molecule has 1 amide bonds. The van der Waals surface area contributed by atoms with Crippen LogP contribution in [0.15, 0.2) is 0 Å². The van der Waals surface area contributed by atoms with E-state index in [1.807, 2.05) is 0 Å². The molecular formula is C12H22N2O2. The van der Waals surface area contributed by atoms with Crippen LogP contribution in [0.1, 0.15) is 38.5 Å². The molecule has 92 valence electrons. The highest BCUT2D eigenvalue weighted by atomic mass is 16.5. The molecule has 2 rings (SSSR count). The van der Waals surface area contributed by atoms with E-state index in [0.29, 0.717) is 18.7 Å². The van der Waals surface area contributed by atoms with Crippen LogP contribution in [0.5, 0.6) is 0 Å². The normalized spacial score (nSPS) is 25.4. The van der Waals surface area contributed by atoms with Gasteiger partial charge in [0, 0.05) is 19.2 Å². The van der Waals surface area contributed by atoms with Crippen molar-refractivity contribution in [1.29, 1.82) is 0 Å². The molecule has 1 aliphatic heterocycles. The fraction of sp³-hybridized carbons (Fsp3) is 0.917. The van der Waals surface area contributed by atoms with Gasteiger partial charge in [0.15, 0.2) is 0 Å². The Kier molecular flexibility index (Phi) is 4.60. The number of ether oxygens (including phenoxy) is 1. The first-order valence-corrected chi connectivity index (χ1v) is 6.46. The van der Waals surface area contributed by atoms with Gasteiger partial charge in [-0.1, -0.05) is 0 Å². The summed E-state index contributed by atoms with van der Waals surface area (Å²) < 4.78 is 5.60. The monoisotopic (exact) mass is 226 g/mol. The van der Waals surface area contributed by atoms with Crippen LogP contribution in [0, 0.1) is 0 Å². The minimum atomic E-state index is 0.114. The number of carbonyl (C=O) groups is 1. The van der Waals surface area contributed by atoms with Crippen LogP contribution in [0.4, 0.5) is 0 Å². The quantitative estimate of drug-likeness (QED) is 0.705. The molecule has 4 nitrogen and oxygen atoms in total. The zero-order valence-corrected chi connectivity index (χ0v) is 9.84. The van der Waals surface area contributed by atoms with Crippen molar-refractivity contribution in [1.82, 2.24) is 10.6 Å². The first-order valence-electron chi connectivity index (χ1n) is 6.46. The Hall–Kier alpha value is -0.610. The molecule has 0 radical (unpaired) electrons. The zero-order chi connectivity index (χ0) is 11.2. The lowest BCUT2D eigenvalue weighted by Gasteiger charge is -2.22. The van der Waals surface area contributed by atoms with Gasteiger partial charge < -0.3 is 15.4 Å². The predicted octanol–water partition coefficient (Wildman–Crippen LogP) is 0.814. The maximum Gasteiger partial charge on any atom is 0.233 e. The molecule has 4 heteroatoms. The van der Waals surface area contributed by atoms with E-state index in [9.17, 15) is 4.79 Å². The van der Waals surface area contributed by atoms with Crippen LogP contribution >= 0.6 is 0 Å². The Labute approximate surface area is 97.1 Å². The zero-order valence-electron chi connectivity index (χ0n) is 9.84. The molecule has 0 aromatic heterocycles. The van der Waals surface area contributed by atoms with Crippen molar-refractivity contribution >= 4 is 5.91 Å². The van der Waals surface area contributed by atoms with Gasteiger partial charge >= 0.3 is 0 Å². The smallest absolute Gasteiger partial charge is 0.233 e. The molecule has 1 aliphatic carbocycles. The van der Waals surface area contributed by atoms with Gasteiger partial charge in [-0.15, -0.1) is 0 Å². The summed E-state index contributed by atoms with van der Waals surface area (Å²) in [6.07, 6.45) is 7.37. The minimum Gasteiger partial charge on any atom is -0.378 e. The molecule has 16 heavy (non-hydrogen) atoms. The largest absolute Gasteiger partial charge is 0.378 e. The molecule has 2 N–H and O–H groups in total. The van der Waals surface area contributed by atoms with Gasteiger partial charge in [0.25, 0.3) is 0 Å². The fourth-order valence-corrected chi connectivity index (χ4v) is 1.99. The molecule has 2 fully saturated rings. The maximum atomic E-state index is 11.4. The highest BCUT2D eigenvalue weighted by molar-refractivity contribution is 5.78. The third-order valence-corrected chi connectivity index (χ3v) is 3.19. The number of rotatable bonds is 6. The summed E-state index contributed by atoms with van der Waals surface area (Å²) in [6, 6.07) is 0.604. The van der Waals surface area contributed by atoms with E-state index in [1.54, 1.807) is 0 Å². The molecule has 0 bridgehead atoms. The standard InChI is InChI=1S/C12H22N2O2/c15-12(9-14-10-4-5-10)13-7-6-11-3-1-2-8-16-11/h10-11,14H,1-9H2,(H,13,15). The van der Waals surface area contributed by atoms with Crippen molar-refractivity contribution in [2.24, 2.45) is 0 Å². The van der Waals surface area contributed by atoms with E-state index in [0.717, 1.165) is 26.0 Å². The second-order valence-corrected chi connectivity index (χ2v) is 4.78. The Morgan fingerprint density at radius 2 is 2.12 bits per heavy atom. The molecule has 0 aromatic rings. The lowest BCUT2D eigenvalue weighted by atomic mass is 10.1. The summed E-state index contributed by atoms with van der Waals surface area (Å²) in [5, 5.41) is 6.13. The highest BCUT2D eigenvalue weighted by Crippen LogP contribution is 2.18. The van der Waals surface area contributed by atoms with E-state index in [1.165, 1.54) is 25.7 Å². The molecule has 1 atom stereocenters. The SMILES string of the molecule is O=C(CNC1CC1)NCCC1CCCCO1. The van der Waals surface area contributed by atoms with Gasteiger partial charge in [-0.2, -0.15) is 0 Å². The van der Waals surface area contributed by atoms with E-state index in [2.05, 4.69) is 10.6 Å². The Balaban J connectivity index is 1.47. The Morgan fingerprint density at radius 1 is 1.25 bits per heavy atom. The molecule has 1 saturated carbocycles. The Bertz CT molecular complexity index is 223. The lowest BCUT2D eigenvalue weighted by Crippen LogP contribution is -2.36. The van der Waals surface area contributed by atoms with Crippen LogP contribution in [0.3, 0.4) is 0 Å². The maximum absolute atomic E-state index is 11.4. The first kappa shape index (κ1) is 11.9. The summed E-state index contributed by atoms with van der Waals surface area (Å²) in [7, 11) is 0. The van der Waals surface area contributed by atoms with Gasteiger partial charge in [0.05, 0.1) is 12.6 Å².